The van der Waals surface area contributed by atoms with E-state index < -0.39 is 12.2 Å². The van der Waals surface area contributed by atoms with Gasteiger partial charge in [0, 0.05) is 6.61 Å². The third-order valence-corrected chi connectivity index (χ3v) is 1.79. The highest BCUT2D eigenvalue weighted by atomic mass is 16.3. The van der Waals surface area contributed by atoms with E-state index in [-0.39, 0.29) is 6.61 Å². The zero-order valence-electron chi connectivity index (χ0n) is 9.93. The van der Waals surface area contributed by atoms with Gasteiger partial charge in [-0.25, -0.2) is 0 Å². The summed E-state index contributed by atoms with van der Waals surface area (Å²) in [5, 5.41) is 27.4. The summed E-state index contributed by atoms with van der Waals surface area (Å²) in [4.78, 5) is 0. The molecule has 3 heteroatoms. The van der Waals surface area contributed by atoms with Crippen molar-refractivity contribution in [3.8, 4) is 23.7 Å². The third-order valence-electron chi connectivity index (χ3n) is 1.79. The number of unbranched alkanes of at least 4 members (excludes halogenated alkanes) is 1. The minimum Gasteiger partial charge on any atom is -0.396 e. The molecule has 0 aromatic heterocycles. The van der Waals surface area contributed by atoms with E-state index in [9.17, 15) is 10.2 Å². The summed E-state index contributed by atoms with van der Waals surface area (Å²) in [7, 11) is 0. The lowest BCUT2D eigenvalue weighted by Gasteiger charge is -2.06. The zero-order valence-corrected chi connectivity index (χ0v) is 9.93. The Morgan fingerprint density at radius 1 is 1.24 bits per heavy atom. The summed E-state index contributed by atoms with van der Waals surface area (Å²) in [6.07, 6.45) is 5.74. The van der Waals surface area contributed by atoms with Crippen LogP contribution in [0.4, 0.5) is 0 Å². The van der Waals surface area contributed by atoms with Gasteiger partial charge in [-0.15, -0.1) is 0 Å². The Hall–Kier alpha value is -1.52. The molecule has 2 unspecified atom stereocenters. The van der Waals surface area contributed by atoms with Crippen LogP contribution in [-0.2, 0) is 0 Å². The van der Waals surface area contributed by atoms with Crippen LogP contribution < -0.4 is 0 Å². The summed E-state index contributed by atoms with van der Waals surface area (Å²) >= 11 is 0. The van der Waals surface area contributed by atoms with Gasteiger partial charge in [0.2, 0.25) is 0 Å². The van der Waals surface area contributed by atoms with Gasteiger partial charge in [0.05, 0.1) is 0 Å². The van der Waals surface area contributed by atoms with Gasteiger partial charge in [0.25, 0.3) is 0 Å². The number of hydrogen-bond acceptors (Lipinski definition) is 3. The van der Waals surface area contributed by atoms with Gasteiger partial charge in [0.1, 0.15) is 12.2 Å². The van der Waals surface area contributed by atoms with Gasteiger partial charge in [-0.1, -0.05) is 30.1 Å². The lowest BCUT2D eigenvalue weighted by Crippen LogP contribution is -2.21. The summed E-state index contributed by atoms with van der Waals surface area (Å²) < 4.78 is 0. The summed E-state index contributed by atoms with van der Waals surface area (Å²) in [5.74, 6) is 10.1. The molecule has 2 atom stereocenters. The maximum Gasteiger partial charge on any atom is 0.145 e. The van der Waals surface area contributed by atoms with Crippen LogP contribution in [0.1, 0.15) is 19.8 Å². The molecular weight excluding hydrogens is 216 g/mol. The molecule has 0 heterocycles. The van der Waals surface area contributed by atoms with Gasteiger partial charge in [-0.3, -0.25) is 0 Å². The van der Waals surface area contributed by atoms with Gasteiger partial charge < -0.3 is 15.3 Å². The first-order valence-corrected chi connectivity index (χ1v) is 5.48. The third kappa shape index (κ3) is 9.41. The minimum atomic E-state index is -1.14. The van der Waals surface area contributed by atoms with Crippen molar-refractivity contribution in [3.63, 3.8) is 0 Å². The van der Waals surface area contributed by atoms with Gasteiger partial charge in [-0.05, 0) is 37.7 Å². The second kappa shape index (κ2) is 11.0. The Bertz CT molecular complexity index is 360. The Kier molecular flexibility index (Phi) is 10.00. The van der Waals surface area contributed by atoms with E-state index in [1.807, 2.05) is 6.92 Å². The Balaban J connectivity index is 4.09. The monoisotopic (exact) mass is 234 g/mol. The van der Waals surface area contributed by atoms with Crippen LogP contribution in [0.25, 0.3) is 0 Å². The van der Waals surface area contributed by atoms with Crippen molar-refractivity contribution in [1.29, 1.82) is 0 Å². The molecule has 0 saturated carbocycles. The van der Waals surface area contributed by atoms with Crippen molar-refractivity contribution in [3.05, 3.63) is 24.3 Å². The second-order valence-corrected chi connectivity index (χ2v) is 3.27. The van der Waals surface area contributed by atoms with Crippen LogP contribution in [-0.4, -0.2) is 34.1 Å². The molecule has 0 spiro atoms. The second-order valence-electron chi connectivity index (χ2n) is 3.27. The maximum atomic E-state index is 9.46. The quantitative estimate of drug-likeness (QED) is 0.371. The van der Waals surface area contributed by atoms with E-state index in [1.54, 1.807) is 18.2 Å². The largest absolute Gasteiger partial charge is 0.396 e. The predicted octanol–water partition coefficient (Wildman–Crippen LogP) is 0.620. The Morgan fingerprint density at radius 3 is 2.65 bits per heavy atom. The molecule has 3 nitrogen and oxygen atoms in total. The van der Waals surface area contributed by atoms with Crippen molar-refractivity contribution >= 4 is 0 Å². The number of rotatable bonds is 5. The van der Waals surface area contributed by atoms with Crippen molar-refractivity contribution in [2.45, 2.75) is 32.0 Å². The van der Waals surface area contributed by atoms with Crippen molar-refractivity contribution in [2.75, 3.05) is 6.61 Å². The first kappa shape index (κ1) is 15.5. The van der Waals surface area contributed by atoms with Gasteiger partial charge >= 0.3 is 0 Å². The highest BCUT2D eigenvalue weighted by Gasteiger charge is 2.08. The average molecular weight is 234 g/mol. The first-order valence-electron chi connectivity index (χ1n) is 5.48. The Morgan fingerprint density at radius 2 is 2.00 bits per heavy atom. The molecule has 0 saturated heterocycles. The number of aliphatic hydroxyl groups excluding tert-OH is 3. The average Bonchev–Trinajstić information content (AvgIpc) is 2.34. The number of aliphatic hydroxyl groups is 3. The fourth-order valence-corrected chi connectivity index (χ4v) is 0.907. The first-order chi connectivity index (χ1) is 8.22. The van der Waals surface area contributed by atoms with E-state index in [0.717, 1.165) is 0 Å². The lowest BCUT2D eigenvalue weighted by atomic mass is 10.1. The molecule has 17 heavy (non-hydrogen) atoms. The molecule has 0 fully saturated rings. The fraction of sp³-hybridized carbons (Fsp3) is 0.429. The normalized spacial score (nSPS) is 13.9. The molecule has 0 aromatic rings. The molecule has 0 aliphatic heterocycles. The van der Waals surface area contributed by atoms with Crippen molar-refractivity contribution in [1.82, 2.24) is 0 Å². The molecular formula is C14H18O3. The summed E-state index contributed by atoms with van der Waals surface area (Å²) in [5.41, 5.74) is 0. The summed E-state index contributed by atoms with van der Waals surface area (Å²) in [6.45, 7) is 1.96. The highest BCUT2D eigenvalue weighted by Crippen LogP contribution is 1.97. The van der Waals surface area contributed by atoms with Gasteiger partial charge in [-0.2, -0.15) is 0 Å². The van der Waals surface area contributed by atoms with E-state index in [1.165, 1.54) is 6.08 Å². The van der Waals surface area contributed by atoms with E-state index in [2.05, 4.69) is 23.7 Å². The lowest BCUT2D eigenvalue weighted by molar-refractivity contribution is 0.0868. The highest BCUT2D eigenvalue weighted by molar-refractivity contribution is 5.32. The van der Waals surface area contributed by atoms with Crippen LogP contribution in [0, 0.1) is 23.7 Å². The molecule has 0 rings (SSSR count). The number of allylic oxidation sites excluding steroid dienone is 3. The van der Waals surface area contributed by atoms with Crippen LogP contribution in [0.15, 0.2) is 24.3 Å². The summed E-state index contributed by atoms with van der Waals surface area (Å²) in [6, 6.07) is 0. The Labute approximate surface area is 102 Å². The van der Waals surface area contributed by atoms with Crippen LogP contribution in [0.3, 0.4) is 0 Å². The predicted molar refractivity (Wildman–Crippen MR) is 67.8 cm³/mol. The SMILES string of the molecule is CC=CC#CC#CC(O)C(O)/C=C/CCCO. The zero-order chi connectivity index (χ0) is 12.9. The van der Waals surface area contributed by atoms with E-state index in [4.69, 9.17) is 5.11 Å². The fourth-order valence-electron chi connectivity index (χ4n) is 0.907. The van der Waals surface area contributed by atoms with Crippen LogP contribution >= 0.6 is 0 Å². The standard InChI is InChI=1S/C14H18O3/c1-2-3-4-5-7-10-13(16)14(17)11-8-6-9-12-15/h2-3,8,11,13-17H,6,9,12H2,1H3/b3-2?,11-8+. The van der Waals surface area contributed by atoms with Crippen molar-refractivity contribution < 1.29 is 15.3 Å². The molecule has 92 valence electrons. The van der Waals surface area contributed by atoms with Crippen LogP contribution in [0.2, 0.25) is 0 Å². The molecule has 0 aromatic carbocycles. The molecule has 0 radical (unpaired) electrons. The number of hydrogen-bond donors (Lipinski definition) is 3. The smallest absolute Gasteiger partial charge is 0.145 e. The molecule has 3 N–H and O–H groups in total. The maximum absolute atomic E-state index is 9.46. The molecule has 0 aliphatic rings. The molecule has 0 aliphatic carbocycles. The van der Waals surface area contributed by atoms with E-state index >= 15 is 0 Å². The van der Waals surface area contributed by atoms with Gasteiger partial charge in [0.15, 0.2) is 0 Å². The molecule has 0 amide bonds. The van der Waals surface area contributed by atoms with Crippen LogP contribution in [0.5, 0.6) is 0 Å². The van der Waals surface area contributed by atoms with E-state index in [0.29, 0.717) is 12.8 Å². The topological polar surface area (TPSA) is 60.7 Å². The molecule has 0 bridgehead atoms. The minimum absolute atomic E-state index is 0.114. The van der Waals surface area contributed by atoms with Crippen molar-refractivity contribution in [2.24, 2.45) is 0 Å².